The van der Waals surface area contributed by atoms with Gasteiger partial charge in [0.1, 0.15) is 0 Å². The van der Waals surface area contributed by atoms with Gasteiger partial charge in [-0.15, -0.1) is 0 Å². The Bertz CT molecular complexity index is 226. The van der Waals surface area contributed by atoms with E-state index in [1.807, 2.05) is 11.8 Å². The van der Waals surface area contributed by atoms with Gasteiger partial charge in [0, 0.05) is 13.0 Å². The summed E-state index contributed by atoms with van der Waals surface area (Å²) in [5.41, 5.74) is 5.88. The maximum Gasteiger partial charge on any atom is 0.220 e. The zero-order valence-electron chi connectivity index (χ0n) is 12.4. The Hall–Kier alpha value is -0.220. The fourth-order valence-electron chi connectivity index (χ4n) is 2.05. The molecule has 1 unspecified atom stereocenters. The number of carbonyl (C=O) groups is 1. The van der Waals surface area contributed by atoms with E-state index >= 15 is 0 Å². The van der Waals surface area contributed by atoms with Gasteiger partial charge in [0.25, 0.3) is 0 Å². The third-order valence-corrected chi connectivity index (χ3v) is 4.00. The molecule has 0 aliphatic carbocycles. The van der Waals surface area contributed by atoms with Crippen molar-refractivity contribution in [1.82, 2.24) is 5.32 Å². The molecule has 0 aromatic heterocycles. The van der Waals surface area contributed by atoms with Crippen LogP contribution in [-0.4, -0.2) is 31.0 Å². The van der Waals surface area contributed by atoms with Gasteiger partial charge >= 0.3 is 0 Å². The van der Waals surface area contributed by atoms with E-state index in [0.717, 1.165) is 31.6 Å². The van der Waals surface area contributed by atoms with Crippen LogP contribution in [0.2, 0.25) is 0 Å². The van der Waals surface area contributed by atoms with Crippen LogP contribution in [-0.2, 0) is 4.79 Å². The van der Waals surface area contributed by atoms with Crippen LogP contribution in [0.25, 0.3) is 0 Å². The predicted molar refractivity (Wildman–Crippen MR) is 81.9 cm³/mol. The summed E-state index contributed by atoms with van der Waals surface area (Å²) in [5.74, 6) is 1.82. The second-order valence-corrected chi connectivity index (χ2v) is 6.86. The van der Waals surface area contributed by atoms with Crippen LogP contribution < -0.4 is 11.1 Å². The van der Waals surface area contributed by atoms with Crippen molar-refractivity contribution in [2.24, 2.45) is 17.1 Å². The number of amides is 1. The van der Waals surface area contributed by atoms with Gasteiger partial charge in [0.2, 0.25) is 5.91 Å². The zero-order valence-corrected chi connectivity index (χ0v) is 13.2. The highest BCUT2D eigenvalue weighted by atomic mass is 32.2. The van der Waals surface area contributed by atoms with Crippen LogP contribution in [0.15, 0.2) is 0 Å². The molecule has 108 valence electrons. The highest BCUT2D eigenvalue weighted by Crippen LogP contribution is 2.31. The smallest absolute Gasteiger partial charge is 0.220 e. The lowest BCUT2D eigenvalue weighted by atomic mass is 9.76. The van der Waals surface area contributed by atoms with Crippen molar-refractivity contribution in [3.05, 3.63) is 0 Å². The van der Waals surface area contributed by atoms with Gasteiger partial charge in [-0.2, -0.15) is 11.8 Å². The SMILES string of the molecule is CSCCCNC(=O)CCC(CCN)C(C)(C)C. The average molecular weight is 274 g/mol. The largest absolute Gasteiger partial charge is 0.356 e. The van der Waals surface area contributed by atoms with Gasteiger partial charge in [0.05, 0.1) is 0 Å². The molecule has 0 rings (SSSR count). The van der Waals surface area contributed by atoms with Gasteiger partial charge in [-0.05, 0) is 49.1 Å². The summed E-state index contributed by atoms with van der Waals surface area (Å²) in [6, 6.07) is 0. The molecule has 18 heavy (non-hydrogen) atoms. The summed E-state index contributed by atoms with van der Waals surface area (Å²) >= 11 is 1.82. The molecule has 3 N–H and O–H groups in total. The number of hydrogen-bond donors (Lipinski definition) is 2. The standard InChI is InChI=1S/C14H30N2OS/c1-14(2,3)12(8-9-15)6-7-13(17)16-10-5-11-18-4/h12H,5-11,15H2,1-4H3,(H,16,17). The van der Waals surface area contributed by atoms with Crippen LogP contribution in [0.4, 0.5) is 0 Å². The molecule has 0 aromatic carbocycles. The van der Waals surface area contributed by atoms with E-state index in [1.54, 1.807) is 0 Å². The normalized spacial score (nSPS) is 13.4. The van der Waals surface area contributed by atoms with E-state index in [9.17, 15) is 4.79 Å². The molecular weight excluding hydrogens is 244 g/mol. The summed E-state index contributed by atoms with van der Waals surface area (Å²) in [6.45, 7) is 8.19. The number of rotatable bonds is 9. The van der Waals surface area contributed by atoms with E-state index in [-0.39, 0.29) is 11.3 Å². The first kappa shape index (κ1) is 17.8. The lowest BCUT2D eigenvalue weighted by Crippen LogP contribution is -2.28. The van der Waals surface area contributed by atoms with Crippen molar-refractivity contribution in [2.75, 3.05) is 25.1 Å². The maximum absolute atomic E-state index is 11.7. The molecule has 0 saturated heterocycles. The number of nitrogens with one attached hydrogen (secondary N) is 1. The Balaban J connectivity index is 3.86. The van der Waals surface area contributed by atoms with Crippen molar-refractivity contribution in [3.63, 3.8) is 0 Å². The second-order valence-electron chi connectivity index (χ2n) is 5.88. The molecule has 1 atom stereocenters. The van der Waals surface area contributed by atoms with E-state index in [1.165, 1.54) is 0 Å². The van der Waals surface area contributed by atoms with Crippen LogP contribution in [0.1, 0.15) is 46.5 Å². The summed E-state index contributed by atoms with van der Waals surface area (Å²) in [6.07, 6.45) is 5.71. The molecule has 0 fully saturated rings. The third-order valence-electron chi connectivity index (χ3n) is 3.31. The van der Waals surface area contributed by atoms with Crippen LogP contribution >= 0.6 is 11.8 Å². The lowest BCUT2D eigenvalue weighted by Gasteiger charge is -2.30. The van der Waals surface area contributed by atoms with E-state index in [2.05, 4.69) is 32.3 Å². The predicted octanol–water partition coefficient (Wildman–Crippen LogP) is 2.65. The number of carbonyl (C=O) groups excluding carboxylic acids is 1. The molecule has 1 amide bonds. The summed E-state index contributed by atoms with van der Waals surface area (Å²) < 4.78 is 0. The van der Waals surface area contributed by atoms with Gasteiger partial charge < -0.3 is 11.1 Å². The maximum atomic E-state index is 11.7. The van der Waals surface area contributed by atoms with Crippen molar-refractivity contribution >= 4 is 17.7 Å². The van der Waals surface area contributed by atoms with Crippen molar-refractivity contribution in [1.29, 1.82) is 0 Å². The fourth-order valence-corrected chi connectivity index (χ4v) is 2.48. The van der Waals surface area contributed by atoms with E-state index < -0.39 is 0 Å². The van der Waals surface area contributed by atoms with Gasteiger partial charge in [-0.3, -0.25) is 4.79 Å². The Morgan fingerprint density at radius 2 is 2.00 bits per heavy atom. The van der Waals surface area contributed by atoms with Crippen LogP contribution in [0.3, 0.4) is 0 Å². The average Bonchev–Trinajstić information content (AvgIpc) is 2.28. The van der Waals surface area contributed by atoms with Gasteiger partial charge in [-0.1, -0.05) is 20.8 Å². The zero-order chi connectivity index (χ0) is 14.0. The molecular formula is C14H30N2OS. The first-order valence-corrected chi connectivity index (χ1v) is 8.27. The molecule has 0 heterocycles. The Labute approximate surface area is 117 Å². The summed E-state index contributed by atoms with van der Waals surface area (Å²) in [4.78, 5) is 11.7. The molecule has 0 saturated carbocycles. The minimum absolute atomic E-state index is 0.183. The Kier molecular flexibility index (Phi) is 9.56. The number of thioether (sulfide) groups is 1. The van der Waals surface area contributed by atoms with Crippen molar-refractivity contribution < 1.29 is 4.79 Å². The first-order chi connectivity index (χ1) is 8.41. The quantitative estimate of drug-likeness (QED) is 0.636. The molecule has 0 aliphatic heterocycles. The highest BCUT2D eigenvalue weighted by Gasteiger charge is 2.24. The van der Waals surface area contributed by atoms with E-state index in [4.69, 9.17) is 5.73 Å². The molecule has 0 aromatic rings. The first-order valence-electron chi connectivity index (χ1n) is 6.87. The third kappa shape index (κ3) is 8.81. The van der Waals surface area contributed by atoms with E-state index in [0.29, 0.717) is 18.9 Å². The number of nitrogens with two attached hydrogens (primary N) is 1. The van der Waals surface area contributed by atoms with Crippen LogP contribution in [0, 0.1) is 11.3 Å². The topological polar surface area (TPSA) is 55.1 Å². The molecule has 0 radical (unpaired) electrons. The lowest BCUT2D eigenvalue weighted by molar-refractivity contribution is -0.121. The Morgan fingerprint density at radius 1 is 1.33 bits per heavy atom. The van der Waals surface area contributed by atoms with Crippen molar-refractivity contribution in [2.45, 2.75) is 46.5 Å². The number of hydrogen-bond acceptors (Lipinski definition) is 3. The van der Waals surface area contributed by atoms with Crippen molar-refractivity contribution in [3.8, 4) is 0 Å². The molecule has 0 spiro atoms. The monoisotopic (exact) mass is 274 g/mol. The Morgan fingerprint density at radius 3 is 2.50 bits per heavy atom. The minimum atomic E-state index is 0.183. The molecule has 3 nitrogen and oxygen atoms in total. The second kappa shape index (κ2) is 9.68. The highest BCUT2D eigenvalue weighted by molar-refractivity contribution is 7.98. The van der Waals surface area contributed by atoms with Crippen LogP contribution in [0.5, 0.6) is 0 Å². The van der Waals surface area contributed by atoms with Gasteiger partial charge in [0.15, 0.2) is 0 Å². The summed E-state index contributed by atoms with van der Waals surface area (Å²) in [5, 5.41) is 2.98. The molecule has 0 aliphatic rings. The minimum Gasteiger partial charge on any atom is -0.356 e. The molecule has 0 bridgehead atoms. The fraction of sp³-hybridized carbons (Fsp3) is 0.929. The van der Waals surface area contributed by atoms with Gasteiger partial charge in [-0.25, -0.2) is 0 Å². The summed E-state index contributed by atoms with van der Waals surface area (Å²) in [7, 11) is 0. The molecule has 4 heteroatoms.